The summed E-state index contributed by atoms with van der Waals surface area (Å²) in [7, 11) is 0. The Kier molecular flexibility index (Phi) is 7.50. The van der Waals surface area contributed by atoms with E-state index in [1.54, 1.807) is 54.6 Å². The van der Waals surface area contributed by atoms with Crippen LogP contribution in [0.15, 0.2) is 80.3 Å². The van der Waals surface area contributed by atoms with Gasteiger partial charge in [0.25, 0.3) is 0 Å². The minimum Gasteiger partial charge on any atom is -0.490 e. The first-order valence-electron chi connectivity index (χ1n) is 10.1. The third kappa shape index (κ3) is 5.58. The highest BCUT2D eigenvalue weighted by atomic mass is 79.9. The predicted molar refractivity (Wildman–Crippen MR) is 136 cm³/mol. The van der Waals surface area contributed by atoms with Crippen molar-refractivity contribution in [3.05, 3.63) is 97.0 Å². The van der Waals surface area contributed by atoms with Crippen molar-refractivity contribution < 1.29 is 23.8 Å². The SMILES string of the molecule is CCOc1cc(/C=C2\N=C(c3ccc(Br)cc3)OC2=O)cc(Br)c1OC(=O)c1ccc(Cl)cc1. The van der Waals surface area contributed by atoms with Crippen LogP contribution in [0.1, 0.15) is 28.4 Å². The average molecular weight is 606 g/mol. The molecule has 0 saturated carbocycles. The van der Waals surface area contributed by atoms with Crippen molar-refractivity contribution >= 4 is 67.4 Å². The van der Waals surface area contributed by atoms with Crippen molar-refractivity contribution in [3.8, 4) is 11.5 Å². The van der Waals surface area contributed by atoms with E-state index in [1.165, 1.54) is 0 Å². The Morgan fingerprint density at radius 2 is 1.79 bits per heavy atom. The van der Waals surface area contributed by atoms with Crippen LogP contribution >= 0.6 is 43.5 Å². The van der Waals surface area contributed by atoms with E-state index in [4.69, 9.17) is 25.8 Å². The number of halogens is 3. The number of carbonyl (C=O) groups is 2. The Morgan fingerprint density at radius 1 is 1.09 bits per heavy atom. The molecule has 6 nitrogen and oxygen atoms in total. The van der Waals surface area contributed by atoms with Crippen molar-refractivity contribution in [2.45, 2.75) is 6.92 Å². The van der Waals surface area contributed by atoms with Gasteiger partial charge < -0.3 is 14.2 Å². The number of carbonyl (C=O) groups excluding carboxylic acids is 2. The van der Waals surface area contributed by atoms with Gasteiger partial charge in [-0.05, 0) is 95.2 Å². The van der Waals surface area contributed by atoms with Crippen LogP contribution in [-0.2, 0) is 9.53 Å². The van der Waals surface area contributed by atoms with Gasteiger partial charge in [0.1, 0.15) is 0 Å². The zero-order valence-electron chi connectivity index (χ0n) is 17.7. The molecule has 0 bridgehead atoms. The van der Waals surface area contributed by atoms with Gasteiger partial charge in [-0.15, -0.1) is 0 Å². The summed E-state index contributed by atoms with van der Waals surface area (Å²) in [4.78, 5) is 29.3. The van der Waals surface area contributed by atoms with E-state index in [2.05, 4.69) is 36.9 Å². The molecule has 9 heteroatoms. The Labute approximate surface area is 217 Å². The molecule has 1 aliphatic heterocycles. The van der Waals surface area contributed by atoms with Crippen molar-refractivity contribution in [3.63, 3.8) is 0 Å². The van der Waals surface area contributed by atoms with E-state index in [0.29, 0.717) is 38.5 Å². The summed E-state index contributed by atoms with van der Waals surface area (Å²) >= 11 is 12.7. The lowest BCUT2D eigenvalue weighted by Crippen LogP contribution is -2.10. The molecule has 0 N–H and O–H groups in total. The number of esters is 2. The molecule has 0 atom stereocenters. The lowest BCUT2D eigenvalue weighted by atomic mass is 10.1. The highest BCUT2D eigenvalue weighted by molar-refractivity contribution is 9.10. The average Bonchev–Trinajstić information content (AvgIpc) is 3.17. The van der Waals surface area contributed by atoms with Crippen LogP contribution in [0, 0.1) is 0 Å². The van der Waals surface area contributed by atoms with Crippen molar-refractivity contribution in [1.82, 2.24) is 0 Å². The molecule has 0 spiro atoms. The Bertz CT molecular complexity index is 1320. The van der Waals surface area contributed by atoms with Gasteiger partial charge in [0.05, 0.1) is 16.6 Å². The van der Waals surface area contributed by atoms with E-state index < -0.39 is 11.9 Å². The highest BCUT2D eigenvalue weighted by Gasteiger charge is 2.25. The summed E-state index contributed by atoms with van der Waals surface area (Å²) in [6.45, 7) is 2.15. The molecular weight excluding hydrogens is 590 g/mol. The topological polar surface area (TPSA) is 74.2 Å². The fourth-order valence-electron chi connectivity index (χ4n) is 3.05. The normalized spacial score (nSPS) is 14.1. The van der Waals surface area contributed by atoms with Gasteiger partial charge in [0.15, 0.2) is 17.2 Å². The lowest BCUT2D eigenvalue weighted by molar-refractivity contribution is -0.129. The molecule has 34 heavy (non-hydrogen) atoms. The number of rotatable bonds is 6. The third-order valence-corrected chi connectivity index (χ3v) is 5.99. The highest BCUT2D eigenvalue weighted by Crippen LogP contribution is 2.38. The van der Waals surface area contributed by atoms with E-state index >= 15 is 0 Å². The molecule has 0 amide bonds. The first-order valence-corrected chi connectivity index (χ1v) is 12.0. The summed E-state index contributed by atoms with van der Waals surface area (Å²) in [5, 5.41) is 0.515. The van der Waals surface area contributed by atoms with E-state index in [0.717, 1.165) is 4.47 Å². The second-order valence-corrected chi connectivity index (χ2v) is 9.21. The van der Waals surface area contributed by atoms with Crippen LogP contribution in [0.25, 0.3) is 6.08 Å². The van der Waals surface area contributed by atoms with Crippen molar-refractivity contribution in [2.24, 2.45) is 4.99 Å². The maximum atomic E-state index is 12.6. The van der Waals surface area contributed by atoms with Crippen LogP contribution in [0.3, 0.4) is 0 Å². The maximum Gasteiger partial charge on any atom is 0.363 e. The minimum absolute atomic E-state index is 0.137. The fraction of sp³-hybridized carbons (Fsp3) is 0.0800. The van der Waals surface area contributed by atoms with E-state index in [9.17, 15) is 9.59 Å². The number of cyclic esters (lactones) is 1. The Hall–Kier alpha value is -2.94. The molecule has 0 radical (unpaired) electrons. The van der Waals surface area contributed by atoms with Crippen LogP contribution in [0.5, 0.6) is 11.5 Å². The van der Waals surface area contributed by atoms with Gasteiger partial charge in [-0.3, -0.25) is 0 Å². The molecule has 1 aliphatic rings. The zero-order chi connectivity index (χ0) is 24.2. The summed E-state index contributed by atoms with van der Waals surface area (Å²) in [6, 6.07) is 17.0. The third-order valence-electron chi connectivity index (χ3n) is 4.62. The molecule has 3 aromatic carbocycles. The Morgan fingerprint density at radius 3 is 2.47 bits per heavy atom. The van der Waals surface area contributed by atoms with Gasteiger partial charge >= 0.3 is 11.9 Å². The largest absolute Gasteiger partial charge is 0.490 e. The summed E-state index contributed by atoms with van der Waals surface area (Å²) < 4.78 is 18.0. The summed E-state index contributed by atoms with van der Waals surface area (Å²) in [5.41, 5.74) is 1.77. The first kappa shape index (κ1) is 24.2. The number of ether oxygens (including phenoxy) is 3. The molecule has 0 aliphatic carbocycles. The molecule has 172 valence electrons. The molecule has 3 aromatic rings. The van der Waals surface area contributed by atoms with Crippen molar-refractivity contribution in [1.29, 1.82) is 0 Å². The van der Waals surface area contributed by atoms with Gasteiger partial charge in [-0.2, -0.15) is 0 Å². The first-order chi connectivity index (χ1) is 16.3. The van der Waals surface area contributed by atoms with E-state index in [-0.39, 0.29) is 17.3 Å². The van der Waals surface area contributed by atoms with Gasteiger partial charge in [-0.1, -0.05) is 27.5 Å². The number of benzene rings is 3. The van der Waals surface area contributed by atoms with Crippen molar-refractivity contribution in [2.75, 3.05) is 6.61 Å². The Balaban J connectivity index is 1.63. The van der Waals surface area contributed by atoms with Gasteiger partial charge in [0, 0.05) is 15.1 Å². The molecular formula is C25H16Br2ClNO5. The van der Waals surface area contributed by atoms with Crippen LogP contribution in [0.2, 0.25) is 5.02 Å². The molecule has 0 unspecified atom stereocenters. The number of hydrogen-bond acceptors (Lipinski definition) is 6. The smallest absolute Gasteiger partial charge is 0.363 e. The minimum atomic E-state index is -0.565. The summed E-state index contributed by atoms with van der Waals surface area (Å²) in [5.74, 6) is -0.356. The summed E-state index contributed by atoms with van der Waals surface area (Å²) in [6.07, 6.45) is 1.58. The predicted octanol–water partition coefficient (Wildman–Crippen LogP) is 6.83. The number of aliphatic imine (C=N–C) groups is 1. The second kappa shape index (κ2) is 10.5. The lowest BCUT2D eigenvalue weighted by Gasteiger charge is -2.13. The number of hydrogen-bond donors (Lipinski definition) is 0. The standard InChI is InChI=1S/C25H16Br2ClNO5/c1-2-32-21-13-14(11-19(27)22(21)33-24(30)16-5-9-18(28)10-6-16)12-20-25(31)34-23(29-20)15-3-7-17(26)8-4-15/h3-13H,2H2,1H3/b20-12-. The number of nitrogens with zero attached hydrogens (tertiary/aromatic N) is 1. The molecule has 1 heterocycles. The maximum absolute atomic E-state index is 12.6. The molecule has 0 aromatic heterocycles. The van der Waals surface area contributed by atoms with Gasteiger partial charge in [0.2, 0.25) is 5.90 Å². The molecule has 0 fully saturated rings. The van der Waals surface area contributed by atoms with Crippen LogP contribution in [0.4, 0.5) is 0 Å². The fourth-order valence-corrected chi connectivity index (χ4v) is 3.98. The molecule has 0 saturated heterocycles. The van der Waals surface area contributed by atoms with Crippen LogP contribution in [-0.4, -0.2) is 24.4 Å². The van der Waals surface area contributed by atoms with Crippen LogP contribution < -0.4 is 9.47 Å². The quantitative estimate of drug-likeness (QED) is 0.175. The van der Waals surface area contributed by atoms with Gasteiger partial charge in [-0.25, -0.2) is 14.6 Å². The molecule has 4 rings (SSSR count). The second-order valence-electron chi connectivity index (χ2n) is 7.00. The monoisotopic (exact) mass is 603 g/mol. The van der Waals surface area contributed by atoms with E-state index in [1.807, 2.05) is 19.1 Å². The zero-order valence-corrected chi connectivity index (χ0v) is 21.6.